The van der Waals surface area contributed by atoms with Gasteiger partial charge in [-0.15, -0.1) is 0 Å². The van der Waals surface area contributed by atoms with Gasteiger partial charge in [-0.2, -0.15) is 0 Å². The normalized spacial score (nSPS) is 14.9. The quantitative estimate of drug-likeness (QED) is 0.626. The van der Waals surface area contributed by atoms with Crippen molar-refractivity contribution in [2.75, 3.05) is 20.2 Å². The molecule has 1 amide bonds. The van der Waals surface area contributed by atoms with Crippen molar-refractivity contribution in [3.63, 3.8) is 0 Å². The third-order valence-electron chi connectivity index (χ3n) is 5.95. The molecular formula is C26H29N3O2. The summed E-state index contributed by atoms with van der Waals surface area (Å²) < 4.78 is 5.36. The lowest BCUT2D eigenvalue weighted by molar-refractivity contribution is -0.126. The number of methoxy groups -OCH3 is 1. The van der Waals surface area contributed by atoms with Crippen molar-refractivity contribution in [3.05, 3.63) is 84.1 Å². The van der Waals surface area contributed by atoms with E-state index in [2.05, 4.69) is 45.5 Å². The van der Waals surface area contributed by atoms with E-state index in [0.717, 1.165) is 43.6 Å². The number of likely N-dealkylation sites (tertiary alicyclic amines) is 1. The topological polar surface area (TPSA) is 54.5 Å². The van der Waals surface area contributed by atoms with E-state index in [1.165, 1.54) is 11.1 Å². The van der Waals surface area contributed by atoms with Crippen LogP contribution in [0.2, 0.25) is 0 Å². The van der Waals surface area contributed by atoms with Crippen molar-refractivity contribution in [2.24, 2.45) is 5.92 Å². The first-order chi connectivity index (χ1) is 15.2. The maximum atomic E-state index is 12.8. The zero-order valence-corrected chi connectivity index (χ0v) is 18.0. The van der Waals surface area contributed by atoms with E-state index in [1.54, 1.807) is 13.3 Å². The molecule has 4 rings (SSSR count). The Morgan fingerprint density at radius 3 is 2.48 bits per heavy atom. The van der Waals surface area contributed by atoms with Crippen LogP contribution in [0.15, 0.2) is 72.9 Å². The van der Waals surface area contributed by atoms with Gasteiger partial charge >= 0.3 is 0 Å². The molecule has 2 heterocycles. The van der Waals surface area contributed by atoms with Gasteiger partial charge in [0.1, 0.15) is 0 Å². The second kappa shape index (κ2) is 10.2. The van der Waals surface area contributed by atoms with Crippen LogP contribution in [-0.4, -0.2) is 36.0 Å². The maximum absolute atomic E-state index is 12.8. The molecule has 2 aromatic carbocycles. The monoisotopic (exact) mass is 415 g/mol. The molecule has 3 aromatic rings. The van der Waals surface area contributed by atoms with E-state index in [-0.39, 0.29) is 11.8 Å². The molecule has 1 aromatic heterocycles. The number of benzene rings is 2. The summed E-state index contributed by atoms with van der Waals surface area (Å²) in [6.45, 7) is 3.15. The Morgan fingerprint density at radius 1 is 1.00 bits per heavy atom. The number of pyridine rings is 1. The minimum absolute atomic E-state index is 0.0657. The van der Waals surface area contributed by atoms with E-state index in [1.807, 2.05) is 36.4 Å². The first-order valence-electron chi connectivity index (χ1n) is 10.9. The third kappa shape index (κ3) is 5.30. The number of amides is 1. The molecule has 5 nitrogen and oxygen atoms in total. The molecule has 0 bridgehead atoms. The molecule has 1 N–H and O–H groups in total. The van der Waals surface area contributed by atoms with Crippen LogP contribution in [0, 0.1) is 5.92 Å². The van der Waals surface area contributed by atoms with Crippen LogP contribution >= 0.6 is 0 Å². The zero-order valence-electron chi connectivity index (χ0n) is 18.0. The Bertz CT molecular complexity index is 998. The van der Waals surface area contributed by atoms with Gasteiger partial charge in [0, 0.05) is 30.8 Å². The number of piperidine rings is 1. The summed E-state index contributed by atoms with van der Waals surface area (Å²) in [5.41, 5.74) is 4.57. The lowest BCUT2D eigenvalue weighted by Gasteiger charge is -2.31. The average Bonchev–Trinajstić information content (AvgIpc) is 2.84. The summed E-state index contributed by atoms with van der Waals surface area (Å²) in [6.07, 6.45) is 3.48. The molecule has 160 valence electrons. The highest BCUT2D eigenvalue weighted by Crippen LogP contribution is 2.25. The summed E-state index contributed by atoms with van der Waals surface area (Å²) in [6, 6.07) is 22.6. The molecular weight excluding hydrogens is 386 g/mol. The molecule has 1 aliphatic rings. The van der Waals surface area contributed by atoms with E-state index >= 15 is 0 Å². The van der Waals surface area contributed by atoms with Crippen molar-refractivity contribution >= 4 is 5.91 Å². The van der Waals surface area contributed by atoms with Gasteiger partial charge in [0.2, 0.25) is 11.8 Å². The molecule has 1 fully saturated rings. The predicted octanol–water partition coefficient (Wildman–Crippen LogP) is 4.29. The standard InChI is InChI=1S/C26H29N3O2/c1-31-26-23(11-7-15-27-26)19-29-16-13-21(14-17-29)25(30)28-18-22-10-5-6-12-24(22)20-8-3-2-4-9-20/h2-12,15,21H,13-14,16-19H2,1H3,(H,28,30). The van der Waals surface area contributed by atoms with Crippen molar-refractivity contribution in [2.45, 2.75) is 25.9 Å². The predicted molar refractivity (Wildman–Crippen MR) is 123 cm³/mol. The summed E-state index contributed by atoms with van der Waals surface area (Å²) in [7, 11) is 1.65. The fourth-order valence-corrected chi connectivity index (χ4v) is 4.22. The lowest BCUT2D eigenvalue weighted by atomic mass is 9.95. The molecule has 31 heavy (non-hydrogen) atoms. The molecule has 5 heteroatoms. The number of carbonyl (C=O) groups is 1. The van der Waals surface area contributed by atoms with Gasteiger partial charge in [-0.05, 0) is 48.7 Å². The summed E-state index contributed by atoms with van der Waals surface area (Å²) in [5.74, 6) is 0.900. The van der Waals surface area contributed by atoms with Crippen LogP contribution in [0.1, 0.15) is 24.0 Å². The number of aromatic nitrogens is 1. The van der Waals surface area contributed by atoms with Crippen LogP contribution < -0.4 is 10.1 Å². The van der Waals surface area contributed by atoms with Gasteiger partial charge in [-0.1, -0.05) is 60.7 Å². The number of hydrogen-bond donors (Lipinski definition) is 1. The number of carbonyl (C=O) groups excluding carboxylic acids is 1. The minimum atomic E-state index is 0.0657. The molecule has 0 aliphatic carbocycles. The van der Waals surface area contributed by atoms with Gasteiger partial charge in [-0.3, -0.25) is 9.69 Å². The van der Waals surface area contributed by atoms with Gasteiger partial charge in [-0.25, -0.2) is 4.98 Å². The van der Waals surface area contributed by atoms with Gasteiger partial charge in [0.15, 0.2) is 0 Å². The lowest BCUT2D eigenvalue weighted by Crippen LogP contribution is -2.40. The Kier molecular flexibility index (Phi) is 6.95. The Hall–Kier alpha value is -3.18. The molecule has 0 saturated carbocycles. The first-order valence-corrected chi connectivity index (χ1v) is 10.9. The van der Waals surface area contributed by atoms with Crippen LogP contribution in [0.25, 0.3) is 11.1 Å². The number of ether oxygens (including phenoxy) is 1. The first kappa shape index (κ1) is 21.1. The summed E-state index contributed by atoms with van der Waals surface area (Å²) >= 11 is 0. The number of hydrogen-bond acceptors (Lipinski definition) is 4. The molecule has 0 atom stereocenters. The second-order valence-corrected chi connectivity index (χ2v) is 7.96. The highest BCUT2D eigenvalue weighted by atomic mass is 16.5. The summed E-state index contributed by atoms with van der Waals surface area (Å²) in [5, 5.41) is 3.17. The minimum Gasteiger partial charge on any atom is -0.481 e. The fraction of sp³-hybridized carbons (Fsp3) is 0.308. The van der Waals surface area contributed by atoms with Crippen molar-refractivity contribution < 1.29 is 9.53 Å². The van der Waals surface area contributed by atoms with E-state index in [4.69, 9.17) is 4.74 Å². The van der Waals surface area contributed by atoms with Crippen molar-refractivity contribution in [1.29, 1.82) is 0 Å². The van der Waals surface area contributed by atoms with Crippen molar-refractivity contribution in [3.8, 4) is 17.0 Å². The largest absolute Gasteiger partial charge is 0.481 e. The van der Waals surface area contributed by atoms with E-state index in [9.17, 15) is 4.79 Å². The van der Waals surface area contributed by atoms with Gasteiger partial charge in [0.05, 0.1) is 7.11 Å². The van der Waals surface area contributed by atoms with E-state index in [0.29, 0.717) is 12.4 Å². The SMILES string of the molecule is COc1ncccc1CN1CCC(C(=O)NCc2ccccc2-c2ccccc2)CC1. The number of rotatable bonds is 7. The molecule has 0 unspecified atom stereocenters. The van der Waals surface area contributed by atoms with Crippen LogP contribution in [-0.2, 0) is 17.9 Å². The van der Waals surface area contributed by atoms with Gasteiger partial charge < -0.3 is 10.1 Å². The zero-order chi connectivity index (χ0) is 21.5. The summed E-state index contributed by atoms with van der Waals surface area (Å²) in [4.78, 5) is 19.5. The van der Waals surface area contributed by atoms with Gasteiger partial charge in [0.25, 0.3) is 0 Å². The molecule has 1 aliphatic heterocycles. The highest BCUT2D eigenvalue weighted by Gasteiger charge is 2.25. The number of nitrogens with one attached hydrogen (secondary N) is 1. The van der Waals surface area contributed by atoms with E-state index < -0.39 is 0 Å². The smallest absolute Gasteiger partial charge is 0.223 e. The molecule has 0 spiro atoms. The molecule has 1 saturated heterocycles. The fourth-order valence-electron chi connectivity index (χ4n) is 4.22. The average molecular weight is 416 g/mol. The Morgan fingerprint density at radius 2 is 1.71 bits per heavy atom. The van der Waals surface area contributed by atoms with Crippen LogP contribution in [0.4, 0.5) is 0 Å². The van der Waals surface area contributed by atoms with Crippen molar-refractivity contribution in [1.82, 2.24) is 15.2 Å². The maximum Gasteiger partial charge on any atom is 0.223 e. The van der Waals surface area contributed by atoms with Crippen LogP contribution in [0.3, 0.4) is 0 Å². The highest BCUT2D eigenvalue weighted by molar-refractivity contribution is 5.79. The second-order valence-electron chi connectivity index (χ2n) is 7.96. The molecule has 0 radical (unpaired) electrons. The Labute approximate surface area is 184 Å². The third-order valence-corrected chi connectivity index (χ3v) is 5.95. The van der Waals surface area contributed by atoms with Crippen LogP contribution in [0.5, 0.6) is 5.88 Å². The number of nitrogens with zero attached hydrogens (tertiary/aromatic N) is 2. The Balaban J connectivity index is 1.30.